The van der Waals surface area contributed by atoms with Gasteiger partial charge in [-0.1, -0.05) is 12.1 Å². The quantitative estimate of drug-likeness (QED) is 0.703. The van der Waals surface area contributed by atoms with Crippen molar-refractivity contribution >= 4 is 36.4 Å². The minimum absolute atomic E-state index is 0. The van der Waals surface area contributed by atoms with Crippen molar-refractivity contribution in [2.75, 3.05) is 18.5 Å². The van der Waals surface area contributed by atoms with Crippen molar-refractivity contribution in [3.63, 3.8) is 0 Å². The maximum absolute atomic E-state index is 12.7. The first-order chi connectivity index (χ1) is 13.4. The molecule has 2 heterocycles. The zero-order valence-electron chi connectivity index (χ0n) is 17.8. The summed E-state index contributed by atoms with van der Waals surface area (Å²) in [6.07, 6.45) is 6.89. The molecule has 4 rings (SSSR count). The summed E-state index contributed by atoms with van der Waals surface area (Å²) in [7, 11) is 0. The number of benzene rings is 1. The summed E-state index contributed by atoms with van der Waals surface area (Å²) < 4.78 is 7.29. The van der Waals surface area contributed by atoms with Crippen LogP contribution in [0.4, 0.5) is 5.69 Å². The number of hydrogen-bond donors (Lipinski definition) is 2. The first-order valence-electron chi connectivity index (χ1n) is 10.2. The van der Waals surface area contributed by atoms with Crippen molar-refractivity contribution in [2.24, 2.45) is 0 Å². The molecule has 166 valence electrons. The molecule has 2 aliphatic rings. The van der Waals surface area contributed by atoms with Gasteiger partial charge in [-0.25, -0.2) is 0 Å². The molecule has 1 saturated heterocycles. The van der Waals surface area contributed by atoms with Crippen molar-refractivity contribution in [1.82, 2.24) is 15.1 Å². The molecule has 1 aliphatic carbocycles. The molecule has 1 aliphatic heterocycles. The predicted octanol–water partition coefficient (Wildman–Crippen LogP) is 4.36. The van der Waals surface area contributed by atoms with Crippen molar-refractivity contribution in [2.45, 2.75) is 63.6 Å². The minimum atomic E-state index is -0.110. The summed E-state index contributed by atoms with van der Waals surface area (Å²) in [5.41, 5.74) is 2.54. The van der Waals surface area contributed by atoms with Crippen LogP contribution >= 0.6 is 24.8 Å². The molecule has 8 heteroatoms. The third-order valence-electron chi connectivity index (χ3n) is 5.57. The van der Waals surface area contributed by atoms with E-state index in [0.29, 0.717) is 23.6 Å². The monoisotopic (exact) mass is 454 g/mol. The summed E-state index contributed by atoms with van der Waals surface area (Å²) in [6.45, 7) is 7.95. The lowest BCUT2D eigenvalue weighted by Crippen LogP contribution is -2.36. The molecule has 6 nitrogen and oxygen atoms in total. The fourth-order valence-electron chi connectivity index (χ4n) is 3.78. The van der Waals surface area contributed by atoms with E-state index in [2.05, 4.69) is 42.6 Å². The van der Waals surface area contributed by atoms with Gasteiger partial charge in [-0.05, 0) is 57.7 Å². The standard InChI is InChI=1S/C22H30N4O2.2ClH/c1-22(2,3)26-14-18(13-23-26)25-21(27)16-6-4-5-15(11-16)19-12-20(19)24-17-7-9-28-10-8-17;;/h4-6,11,13-14,17,19-20,24H,7-10,12H2,1-3H3,(H,25,27);2*1H. The largest absolute Gasteiger partial charge is 0.381 e. The molecule has 2 N–H and O–H groups in total. The second-order valence-corrected chi connectivity index (χ2v) is 8.93. The Morgan fingerprint density at radius 1 is 1.20 bits per heavy atom. The number of carbonyl (C=O) groups excluding carboxylic acids is 1. The summed E-state index contributed by atoms with van der Waals surface area (Å²) in [5, 5.41) is 11.1. The Kier molecular flexibility index (Phi) is 8.34. The Morgan fingerprint density at radius 2 is 1.93 bits per heavy atom. The van der Waals surface area contributed by atoms with Crippen molar-refractivity contribution in [3.05, 3.63) is 47.8 Å². The highest BCUT2D eigenvalue weighted by molar-refractivity contribution is 6.04. The van der Waals surface area contributed by atoms with Crippen LogP contribution in [0.3, 0.4) is 0 Å². The molecule has 0 radical (unpaired) electrons. The Balaban J connectivity index is 0.00000160. The van der Waals surface area contributed by atoms with Gasteiger partial charge in [0.2, 0.25) is 0 Å². The summed E-state index contributed by atoms with van der Waals surface area (Å²) in [4.78, 5) is 12.7. The highest BCUT2D eigenvalue weighted by atomic mass is 35.5. The van der Waals surface area contributed by atoms with Gasteiger partial charge >= 0.3 is 0 Å². The number of rotatable bonds is 5. The van der Waals surface area contributed by atoms with E-state index in [9.17, 15) is 4.79 Å². The smallest absolute Gasteiger partial charge is 0.255 e. The van der Waals surface area contributed by atoms with E-state index in [4.69, 9.17) is 4.74 Å². The average Bonchev–Trinajstić information content (AvgIpc) is 3.26. The fraction of sp³-hybridized carbons (Fsp3) is 0.545. The van der Waals surface area contributed by atoms with Gasteiger partial charge in [-0.2, -0.15) is 5.10 Å². The molecule has 0 bridgehead atoms. The van der Waals surface area contributed by atoms with Gasteiger partial charge in [0, 0.05) is 43.0 Å². The topological polar surface area (TPSA) is 68.2 Å². The Bertz CT molecular complexity index is 844. The van der Waals surface area contributed by atoms with Crippen LogP contribution < -0.4 is 10.6 Å². The average molecular weight is 455 g/mol. The maximum Gasteiger partial charge on any atom is 0.255 e. The van der Waals surface area contributed by atoms with Crippen LogP contribution in [-0.4, -0.2) is 41.0 Å². The van der Waals surface area contributed by atoms with Gasteiger partial charge < -0.3 is 15.4 Å². The Hall–Kier alpha value is -1.60. The third-order valence-corrected chi connectivity index (χ3v) is 5.57. The molecule has 1 saturated carbocycles. The number of amides is 1. The molecule has 1 amide bonds. The zero-order valence-corrected chi connectivity index (χ0v) is 19.4. The highest BCUT2D eigenvalue weighted by Crippen LogP contribution is 2.41. The van der Waals surface area contributed by atoms with Crippen LogP contribution in [0.1, 0.15) is 61.9 Å². The van der Waals surface area contributed by atoms with Crippen molar-refractivity contribution < 1.29 is 9.53 Å². The normalized spacial score (nSPS) is 21.3. The van der Waals surface area contributed by atoms with Crippen LogP contribution in [0, 0.1) is 0 Å². The number of aromatic nitrogens is 2. The lowest BCUT2D eigenvalue weighted by atomic mass is 10.1. The SMILES string of the molecule is CC(C)(C)n1cc(NC(=O)c2cccc(C3CC3NC3CCOCC3)c2)cn1.Cl.Cl. The molecule has 1 aromatic carbocycles. The third kappa shape index (κ3) is 5.97. The molecular formula is C22H32Cl2N4O2. The number of nitrogens with zero attached hydrogens (tertiary/aromatic N) is 2. The molecule has 2 unspecified atom stereocenters. The Labute approximate surface area is 191 Å². The van der Waals surface area contributed by atoms with Crippen LogP contribution in [0.25, 0.3) is 0 Å². The predicted molar refractivity (Wildman–Crippen MR) is 124 cm³/mol. The maximum atomic E-state index is 12.7. The summed E-state index contributed by atoms with van der Waals surface area (Å²) in [5.74, 6) is 0.407. The van der Waals surface area contributed by atoms with Gasteiger partial charge in [0.1, 0.15) is 0 Å². The number of nitrogens with one attached hydrogen (secondary N) is 2. The van der Waals surface area contributed by atoms with E-state index in [1.165, 1.54) is 5.56 Å². The van der Waals surface area contributed by atoms with Crippen LogP contribution in [-0.2, 0) is 10.3 Å². The second-order valence-electron chi connectivity index (χ2n) is 8.93. The van der Waals surface area contributed by atoms with E-state index in [1.807, 2.05) is 29.1 Å². The van der Waals surface area contributed by atoms with Gasteiger partial charge in [0.05, 0.1) is 17.4 Å². The van der Waals surface area contributed by atoms with E-state index >= 15 is 0 Å². The van der Waals surface area contributed by atoms with E-state index in [1.54, 1.807) is 6.20 Å². The van der Waals surface area contributed by atoms with Crippen LogP contribution in [0.2, 0.25) is 0 Å². The summed E-state index contributed by atoms with van der Waals surface area (Å²) >= 11 is 0. The van der Waals surface area contributed by atoms with E-state index in [0.717, 1.165) is 38.2 Å². The number of hydrogen-bond acceptors (Lipinski definition) is 4. The molecule has 2 fully saturated rings. The minimum Gasteiger partial charge on any atom is -0.381 e. The zero-order chi connectivity index (χ0) is 19.7. The lowest BCUT2D eigenvalue weighted by Gasteiger charge is -2.23. The first kappa shape index (κ1) is 24.7. The van der Waals surface area contributed by atoms with Crippen LogP contribution in [0.15, 0.2) is 36.7 Å². The van der Waals surface area contributed by atoms with Gasteiger partial charge in [0.15, 0.2) is 0 Å². The van der Waals surface area contributed by atoms with Gasteiger partial charge in [-0.3, -0.25) is 9.48 Å². The molecular weight excluding hydrogens is 423 g/mol. The highest BCUT2D eigenvalue weighted by Gasteiger charge is 2.39. The number of anilines is 1. The van der Waals surface area contributed by atoms with Crippen molar-refractivity contribution in [3.8, 4) is 0 Å². The first-order valence-corrected chi connectivity index (χ1v) is 10.2. The second kappa shape index (κ2) is 10.1. The van der Waals surface area contributed by atoms with E-state index in [-0.39, 0.29) is 36.3 Å². The van der Waals surface area contributed by atoms with Gasteiger partial charge in [-0.15, -0.1) is 24.8 Å². The molecule has 1 aromatic heterocycles. The number of ether oxygens (including phenoxy) is 1. The van der Waals surface area contributed by atoms with Crippen LogP contribution in [0.5, 0.6) is 0 Å². The molecule has 30 heavy (non-hydrogen) atoms. The fourth-order valence-corrected chi connectivity index (χ4v) is 3.78. The number of carbonyl (C=O) groups is 1. The number of halogens is 2. The van der Waals surface area contributed by atoms with E-state index < -0.39 is 0 Å². The Morgan fingerprint density at radius 3 is 2.60 bits per heavy atom. The van der Waals surface area contributed by atoms with Crippen molar-refractivity contribution in [1.29, 1.82) is 0 Å². The molecule has 2 atom stereocenters. The lowest BCUT2D eigenvalue weighted by molar-refractivity contribution is 0.0774. The molecule has 0 spiro atoms. The van der Waals surface area contributed by atoms with Gasteiger partial charge in [0.25, 0.3) is 5.91 Å². The summed E-state index contributed by atoms with van der Waals surface area (Å²) in [6, 6.07) is 9.09. The molecule has 2 aromatic rings.